The first kappa shape index (κ1) is 23.5. The van der Waals surface area contributed by atoms with Gasteiger partial charge in [-0.2, -0.15) is 0 Å². The van der Waals surface area contributed by atoms with Gasteiger partial charge in [0.2, 0.25) is 11.8 Å². The molecule has 1 saturated carbocycles. The van der Waals surface area contributed by atoms with Crippen LogP contribution in [0.15, 0.2) is 48.5 Å². The molecular formula is C28H33N3O4. The lowest BCUT2D eigenvalue weighted by Crippen LogP contribution is -2.55. The highest BCUT2D eigenvalue weighted by atomic mass is 16.3. The number of carbonyl (C=O) groups excluding carboxylic acids is 3. The summed E-state index contributed by atoms with van der Waals surface area (Å²) in [5.74, 6) is -0.191. The number of amides is 3. The molecule has 2 heterocycles. The summed E-state index contributed by atoms with van der Waals surface area (Å²) >= 11 is 0. The van der Waals surface area contributed by atoms with Gasteiger partial charge in [0.25, 0.3) is 5.91 Å². The molecule has 0 aromatic heterocycles. The van der Waals surface area contributed by atoms with Crippen LogP contribution >= 0.6 is 0 Å². The summed E-state index contributed by atoms with van der Waals surface area (Å²) in [4.78, 5) is 43.1. The first-order chi connectivity index (χ1) is 16.8. The largest absolute Gasteiger partial charge is 0.391 e. The topological polar surface area (TPSA) is 89.9 Å². The lowest BCUT2D eigenvalue weighted by molar-refractivity contribution is -0.143. The van der Waals surface area contributed by atoms with Crippen LogP contribution in [0.2, 0.25) is 0 Å². The van der Waals surface area contributed by atoms with Gasteiger partial charge in [-0.25, -0.2) is 0 Å². The van der Waals surface area contributed by atoms with Crippen molar-refractivity contribution in [2.24, 2.45) is 5.92 Å². The third kappa shape index (κ3) is 4.69. The van der Waals surface area contributed by atoms with E-state index in [1.807, 2.05) is 44.2 Å². The number of fused-ring (bicyclic) bond motifs is 1. The molecule has 5 rings (SSSR count). The Morgan fingerprint density at radius 3 is 2.46 bits per heavy atom. The zero-order valence-electron chi connectivity index (χ0n) is 20.3. The van der Waals surface area contributed by atoms with Gasteiger partial charge in [-0.1, -0.05) is 56.3 Å². The molecule has 3 aliphatic rings. The van der Waals surface area contributed by atoms with Crippen molar-refractivity contribution in [2.45, 2.75) is 70.3 Å². The zero-order chi connectivity index (χ0) is 24.7. The van der Waals surface area contributed by atoms with Gasteiger partial charge in [0, 0.05) is 31.6 Å². The van der Waals surface area contributed by atoms with Gasteiger partial charge in [0.1, 0.15) is 12.1 Å². The maximum atomic E-state index is 13.8. The number of nitrogens with zero attached hydrogens (tertiary/aromatic N) is 2. The van der Waals surface area contributed by atoms with Crippen molar-refractivity contribution in [3.63, 3.8) is 0 Å². The van der Waals surface area contributed by atoms with Gasteiger partial charge in [0.15, 0.2) is 0 Å². The van der Waals surface area contributed by atoms with E-state index in [0.29, 0.717) is 24.6 Å². The second-order valence-electron chi connectivity index (χ2n) is 10.4. The monoisotopic (exact) mass is 475 g/mol. The van der Waals surface area contributed by atoms with Crippen molar-refractivity contribution in [3.8, 4) is 0 Å². The first-order valence-corrected chi connectivity index (χ1v) is 12.6. The number of aliphatic hydroxyl groups excluding tert-OH is 1. The molecule has 7 nitrogen and oxygen atoms in total. The summed E-state index contributed by atoms with van der Waals surface area (Å²) in [6.45, 7) is 4.64. The fourth-order valence-electron chi connectivity index (χ4n) is 5.39. The zero-order valence-corrected chi connectivity index (χ0v) is 20.3. The number of carbonyl (C=O) groups is 3. The van der Waals surface area contributed by atoms with Gasteiger partial charge < -0.3 is 20.2 Å². The minimum absolute atomic E-state index is 0.0885. The Hall–Kier alpha value is -3.19. The van der Waals surface area contributed by atoms with Crippen LogP contribution in [-0.2, 0) is 22.7 Å². The van der Waals surface area contributed by atoms with Crippen molar-refractivity contribution in [2.75, 3.05) is 6.54 Å². The third-order valence-electron chi connectivity index (χ3n) is 7.43. The molecule has 1 unspecified atom stereocenters. The van der Waals surface area contributed by atoms with Crippen molar-refractivity contribution in [3.05, 3.63) is 70.8 Å². The summed E-state index contributed by atoms with van der Waals surface area (Å²) < 4.78 is 0. The molecule has 184 valence electrons. The molecule has 2 aliphatic heterocycles. The Morgan fingerprint density at radius 2 is 1.80 bits per heavy atom. The van der Waals surface area contributed by atoms with Crippen LogP contribution in [0.4, 0.5) is 0 Å². The van der Waals surface area contributed by atoms with Crippen LogP contribution in [0.5, 0.6) is 0 Å². The predicted molar refractivity (Wildman–Crippen MR) is 131 cm³/mol. The summed E-state index contributed by atoms with van der Waals surface area (Å²) in [5, 5.41) is 13.3. The summed E-state index contributed by atoms with van der Waals surface area (Å²) in [7, 11) is 0. The van der Waals surface area contributed by atoms with Crippen molar-refractivity contribution in [1.29, 1.82) is 0 Å². The molecule has 2 fully saturated rings. The molecule has 7 heteroatoms. The number of rotatable bonds is 7. The molecule has 2 aromatic carbocycles. The molecule has 1 aliphatic carbocycles. The molecular weight excluding hydrogens is 442 g/mol. The van der Waals surface area contributed by atoms with E-state index in [4.69, 9.17) is 0 Å². The van der Waals surface area contributed by atoms with E-state index >= 15 is 0 Å². The van der Waals surface area contributed by atoms with E-state index in [0.717, 1.165) is 11.1 Å². The maximum absolute atomic E-state index is 13.8. The molecule has 0 bridgehead atoms. The highest BCUT2D eigenvalue weighted by Crippen LogP contribution is 2.39. The van der Waals surface area contributed by atoms with Gasteiger partial charge in [-0.05, 0) is 47.4 Å². The van der Waals surface area contributed by atoms with Gasteiger partial charge in [-0.15, -0.1) is 0 Å². The fourth-order valence-corrected chi connectivity index (χ4v) is 5.39. The van der Waals surface area contributed by atoms with E-state index in [9.17, 15) is 19.5 Å². The Labute approximate surface area is 206 Å². The second-order valence-corrected chi connectivity index (χ2v) is 10.4. The van der Waals surface area contributed by atoms with Crippen molar-refractivity contribution >= 4 is 17.7 Å². The lowest BCUT2D eigenvalue weighted by Gasteiger charge is -2.35. The summed E-state index contributed by atoms with van der Waals surface area (Å²) in [6.07, 6.45) is 1.91. The summed E-state index contributed by atoms with van der Waals surface area (Å²) in [5.41, 5.74) is 3.86. The predicted octanol–water partition coefficient (Wildman–Crippen LogP) is 2.82. The number of nitrogens with one attached hydrogen (secondary N) is 1. The van der Waals surface area contributed by atoms with Gasteiger partial charge in [0.05, 0.1) is 6.10 Å². The summed E-state index contributed by atoms with van der Waals surface area (Å²) in [6, 6.07) is 14.2. The van der Waals surface area contributed by atoms with Gasteiger partial charge in [-0.3, -0.25) is 14.4 Å². The SMILES string of the molecule is CC(C)C(C(=O)N1C[C@H](O)C[C@H]1C(=O)NCc1ccc(C2CC2)cc1)N1Cc2ccccc2C1=O. The highest BCUT2D eigenvalue weighted by molar-refractivity contribution is 6.01. The van der Waals surface area contributed by atoms with Crippen molar-refractivity contribution in [1.82, 2.24) is 15.1 Å². The quantitative estimate of drug-likeness (QED) is 0.645. The molecule has 2 aromatic rings. The molecule has 0 radical (unpaired) electrons. The average Bonchev–Trinajstić information content (AvgIpc) is 3.55. The van der Waals surface area contributed by atoms with E-state index < -0.39 is 18.2 Å². The number of likely N-dealkylation sites (tertiary alicyclic amines) is 1. The van der Waals surface area contributed by atoms with Crippen LogP contribution < -0.4 is 5.32 Å². The second kappa shape index (κ2) is 9.46. The van der Waals surface area contributed by atoms with Crippen LogP contribution in [0.25, 0.3) is 0 Å². The third-order valence-corrected chi connectivity index (χ3v) is 7.43. The normalized spacial score (nSPS) is 22.5. The van der Waals surface area contributed by atoms with E-state index in [1.165, 1.54) is 23.3 Å². The Morgan fingerprint density at radius 1 is 1.09 bits per heavy atom. The molecule has 3 amide bonds. The van der Waals surface area contributed by atoms with E-state index in [2.05, 4.69) is 17.4 Å². The first-order valence-electron chi connectivity index (χ1n) is 12.6. The fraction of sp³-hybridized carbons (Fsp3) is 0.464. The lowest BCUT2D eigenvalue weighted by atomic mass is 10.0. The highest BCUT2D eigenvalue weighted by Gasteiger charge is 2.45. The van der Waals surface area contributed by atoms with Gasteiger partial charge >= 0.3 is 0 Å². The number of benzene rings is 2. The van der Waals surface area contributed by atoms with Crippen LogP contribution in [-0.4, -0.2) is 57.4 Å². The number of aliphatic hydroxyl groups is 1. The Balaban J connectivity index is 1.28. The minimum atomic E-state index is -0.771. The molecule has 3 atom stereocenters. The molecule has 0 spiro atoms. The minimum Gasteiger partial charge on any atom is -0.391 e. The molecule has 1 saturated heterocycles. The van der Waals surface area contributed by atoms with Crippen LogP contribution in [0, 0.1) is 5.92 Å². The van der Waals surface area contributed by atoms with E-state index in [1.54, 1.807) is 11.0 Å². The Kier molecular flexibility index (Phi) is 6.36. The number of β-amino-alcohol motifs (C(OH)–C–C–N with tert-alkyl or cyclic N) is 1. The Bertz CT molecular complexity index is 1130. The number of hydrogen-bond acceptors (Lipinski definition) is 4. The van der Waals surface area contributed by atoms with Crippen molar-refractivity contribution < 1.29 is 19.5 Å². The van der Waals surface area contributed by atoms with Crippen LogP contribution in [0.1, 0.15) is 66.1 Å². The van der Waals surface area contributed by atoms with E-state index in [-0.39, 0.29) is 36.6 Å². The standard InChI is InChI=1S/C28H33N3O4/c1-17(2)25(31-15-21-5-3-4-6-23(21)27(31)34)28(35)30-16-22(32)13-24(30)26(33)29-14-18-7-9-19(10-8-18)20-11-12-20/h3-10,17,20,22,24-25,32H,11-16H2,1-2H3,(H,29,33)/t22-,24+,25?/m1/s1. The smallest absolute Gasteiger partial charge is 0.255 e. The maximum Gasteiger partial charge on any atom is 0.255 e. The van der Waals surface area contributed by atoms with Crippen LogP contribution in [0.3, 0.4) is 0 Å². The average molecular weight is 476 g/mol. The molecule has 2 N–H and O–H groups in total. The molecule has 35 heavy (non-hydrogen) atoms. The number of hydrogen-bond donors (Lipinski definition) is 2.